The molecule has 1 fully saturated rings. The van der Waals surface area contributed by atoms with Crippen molar-refractivity contribution in [3.05, 3.63) is 68.7 Å². The molecule has 0 spiro atoms. The van der Waals surface area contributed by atoms with Gasteiger partial charge in [-0.05, 0) is 42.3 Å². The van der Waals surface area contributed by atoms with E-state index < -0.39 is 23.5 Å². The van der Waals surface area contributed by atoms with E-state index in [2.05, 4.69) is 15.9 Å². The van der Waals surface area contributed by atoms with Crippen molar-refractivity contribution in [1.29, 1.82) is 0 Å². The quantitative estimate of drug-likeness (QED) is 0.329. The van der Waals surface area contributed by atoms with Crippen LogP contribution in [0.2, 0.25) is 5.02 Å². The fraction of sp³-hybridized carbons (Fsp3) is 0.333. The third-order valence-electron chi connectivity index (χ3n) is 5.28. The number of ether oxygens (including phenoxy) is 1. The number of rotatable bonds is 8. The average Bonchev–Trinajstić information content (AvgIpc) is 3.00. The first-order valence-electron chi connectivity index (χ1n) is 10.5. The summed E-state index contributed by atoms with van der Waals surface area (Å²) in [5.41, 5.74) is 0.913. The number of benzene rings is 2. The Labute approximate surface area is 201 Å². The highest BCUT2D eigenvalue weighted by Crippen LogP contribution is 2.39. The number of hydrogen-bond acceptors (Lipinski definition) is 4. The van der Waals surface area contributed by atoms with Gasteiger partial charge in [-0.2, -0.15) is 0 Å². The topological polar surface area (TPSA) is 74.1 Å². The van der Waals surface area contributed by atoms with Gasteiger partial charge in [0, 0.05) is 23.0 Å². The van der Waals surface area contributed by atoms with Gasteiger partial charge in [0.1, 0.15) is 5.75 Å². The molecule has 0 bridgehead atoms. The number of quaternary nitrogens is 1. The Hall–Kier alpha value is -2.35. The number of likely N-dealkylation sites (tertiary alicyclic amines) is 1. The molecular weight excluding hydrogens is 496 g/mol. The molecule has 0 radical (unpaired) electrons. The molecule has 1 atom stereocenters. The van der Waals surface area contributed by atoms with E-state index in [1.807, 2.05) is 45.3 Å². The van der Waals surface area contributed by atoms with Crippen LogP contribution in [0.1, 0.15) is 30.5 Å². The molecule has 1 N–H and O–H groups in total. The third kappa shape index (κ3) is 5.17. The van der Waals surface area contributed by atoms with Crippen molar-refractivity contribution in [3.63, 3.8) is 0 Å². The number of amides is 1. The highest BCUT2D eigenvalue weighted by molar-refractivity contribution is 9.10. The monoisotopic (exact) mass is 520 g/mol. The van der Waals surface area contributed by atoms with Crippen molar-refractivity contribution < 1.29 is 24.3 Å². The zero-order valence-electron chi connectivity index (χ0n) is 18.3. The molecule has 1 aliphatic heterocycles. The number of hydrogen-bond donors (Lipinski definition) is 1. The van der Waals surface area contributed by atoms with Crippen LogP contribution in [0.25, 0.3) is 5.76 Å². The van der Waals surface area contributed by atoms with Crippen molar-refractivity contribution in [1.82, 2.24) is 4.90 Å². The lowest BCUT2D eigenvalue weighted by molar-refractivity contribution is -0.858. The van der Waals surface area contributed by atoms with Crippen LogP contribution in [-0.4, -0.2) is 50.4 Å². The molecule has 32 heavy (non-hydrogen) atoms. The van der Waals surface area contributed by atoms with E-state index in [9.17, 15) is 14.7 Å². The Morgan fingerprint density at radius 2 is 1.88 bits per heavy atom. The molecule has 0 aliphatic carbocycles. The standard InChI is InChI=1S/C24H26BrClN2O4/c1-4-32-19-11-8-16(14-18(19)26)22(29)20-21(15-6-9-17(25)10-7-15)28(24(31)23(20)30)13-5-12-27(2)3/h6-11,14,21,29H,4-5,12-13H2,1-3H3. The molecular formula is C24H26BrClN2O4. The van der Waals surface area contributed by atoms with Crippen LogP contribution < -0.4 is 14.7 Å². The molecule has 2 aromatic rings. The number of nitrogens with zero attached hydrogens (tertiary/aromatic N) is 1. The number of ketones is 1. The predicted octanol–water partition coefficient (Wildman–Crippen LogP) is 2.26. The second-order valence-electron chi connectivity index (χ2n) is 7.91. The molecule has 3 rings (SSSR count). The van der Waals surface area contributed by atoms with Crippen LogP contribution in [-0.2, 0) is 9.59 Å². The zero-order chi connectivity index (χ0) is 23.4. The minimum absolute atomic E-state index is 0.0465. The van der Waals surface area contributed by atoms with Crippen LogP contribution in [0.4, 0.5) is 0 Å². The number of halogens is 2. The summed E-state index contributed by atoms with van der Waals surface area (Å²) in [4.78, 5) is 28.7. The molecule has 1 amide bonds. The molecule has 170 valence electrons. The summed E-state index contributed by atoms with van der Waals surface area (Å²) in [6.07, 6.45) is 0.713. The van der Waals surface area contributed by atoms with Crippen LogP contribution in [0.3, 0.4) is 0 Å². The molecule has 8 heteroatoms. The summed E-state index contributed by atoms with van der Waals surface area (Å²) in [5.74, 6) is -1.44. The fourth-order valence-electron chi connectivity index (χ4n) is 3.77. The van der Waals surface area contributed by atoms with Gasteiger partial charge in [-0.1, -0.05) is 51.5 Å². The van der Waals surface area contributed by atoms with Crippen LogP contribution in [0, 0.1) is 0 Å². The summed E-state index contributed by atoms with van der Waals surface area (Å²) < 4.78 is 6.30. The van der Waals surface area contributed by atoms with E-state index in [0.29, 0.717) is 30.9 Å². The van der Waals surface area contributed by atoms with E-state index in [0.717, 1.165) is 11.0 Å². The van der Waals surface area contributed by atoms with Crippen molar-refractivity contribution in [2.24, 2.45) is 0 Å². The second-order valence-corrected chi connectivity index (χ2v) is 9.24. The number of Topliss-reactive ketones (excluding diaryl/α,β-unsaturated/α-hetero) is 1. The Morgan fingerprint density at radius 3 is 2.47 bits per heavy atom. The van der Waals surface area contributed by atoms with E-state index in [4.69, 9.17) is 16.3 Å². The maximum absolute atomic E-state index is 13.5. The lowest BCUT2D eigenvalue weighted by Crippen LogP contribution is -3.05. The van der Waals surface area contributed by atoms with Crippen LogP contribution in [0.15, 0.2) is 52.5 Å². The second kappa shape index (κ2) is 10.5. The SMILES string of the molecule is CCOc1ccc(C([O-])=C2C(=O)C(=O)N(CCC[NH+](C)C)C2c2ccc(Br)cc2)cc1Cl. The maximum Gasteiger partial charge on any atom is 0.295 e. The van der Waals surface area contributed by atoms with Gasteiger partial charge in [0.15, 0.2) is 0 Å². The molecule has 1 saturated heterocycles. The van der Waals surface area contributed by atoms with Crippen molar-refractivity contribution >= 4 is 45.0 Å². The summed E-state index contributed by atoms with van der Waals surface area (Å²) >= 11 is 9.67. The van der Waals surface area contributed by atoms with Gasteiger partial charge in [-0.15, -0.1) is 0 Å². The average molecular weight is 522 g/mol. The van der Waals surface area contributed by atoms with Gasteiger partial charge in [0.2, 0.25) is 5.78 Å². The fourth-order valence-corrected chi connectivity index (χ4v) is 4.27. The van der Waals surface area contributed by atoms with Gasteiger partial charge < -0.3 is 19.6 Å². The summed E-state index contributed by atoms with van der Waals surface area (Å²) in [5, 5.41) is 13.7. The minimum Gasteiger partial charge on any atom is -0.872 e. The third-order valence-corrected chi connectivity index (χ3v) is 6.11. The maximum atomic E-state index is 13.5. The van der Waals surface area contributed by atoms with E-state index in [-0.39, 0.29) is 16.2 Å². The van der Waals surface area contributed by atoms with Gasteiger partial charge >= 0.3 is 0 Å². The lowest BCUT2D eigenvalue weighted by Gasteiger charge is -2.28. The Balaban J connectivity index is 2.08. The summed E-state index contributed by atoms with van der Waals surface area (Å²) in [7, 11) is 4.06. The molecule has 0 aromatic heterocycles. The van der Waals surface area contributed by atoms with Crippen molar-refractivity contribution in [2.75, 3.05) is 33.8 Å². The van der Waals surface area contributed by atoms with E-state index in [1.54, 1.807) is 12.1 Å². The van der Waals surface area contributed by atoms with Crippen molar-refractivity contribution in [2.45, 2.75) is 19.4 Å². The smallest absolute Gasteiger partial charge is 0.295 e. The summed E-state index contributed by atoms with van der Waals surface area (Å²) in [6.45, 7) is 3.50. The largest absolute Gasteiger partial charge is 0.872 e. The lowest BCUT2D eigenvalue weighted by atomic mass is 9.95. The van der Waals surface area contributed by atoms with E-state index >= 15 is 0 Å². The first kappa shape index (κ1) is 24.3. The predicted molar refractivity (Wildman–Crippen MR) is 125 cm³/mol. The summed E-state index contributed by atoms with van der Waals surface area (Å²) in [6, 6.07) is 11.2. The number of nitrogens with one attached hydrogen (secondary N) is 1. The highest BCUT2D eigenvalue weighted by Gasteiger charge is 2.43. The molecule has 1 aliphatic rings. The normalized spacial score (nSPS) is 17.9. The van der Waals surface area contributed by atoms with Crippen LogP contribution >= 0.6 is 27.5 Å². The van der Waals surface area contributed by atoms with Gasteiger partial charge in [-0.3, -0.25) is 9.59 Å². The Kier molecular flexibility index (Phi) is 7.98. The molecule has 1 heterocycles. The molecule has 0 saturated carbocycles. The number of carbonyl (C=O) groups is 2. The van der Waals surface area contributed by atoms with Gasteiger partial charge in [0.25, 0.3) is 5.91 Å². The Morgan fingerprint density at radius 1 is 1.19 bits per heavy atom. The van der Waals surface area contributed by atoms with Crippen LogP contribution in [0.5, 0.6) is 5.75 Å². The highest BCUT2D eigenvalue weighted by atomic mass is 79.9. The number of carbonyl (C=O) groups excluding carboxylic acids is 2. The first-order chi connectivity index (χ1) is 15.2. The molecule has 2 aromatic carbocycles. The van der Waals surface area contributed by atoms with E-state index in [1.165, 1.54) is 15.9 Å². The first-order valence-corrected chi connectivity index (χ1v) is 11.6. The Bertz CT molecular complexity index is 1040. The van der Waals surface area contributed by atoms with Gasteiger partial charge in [-0.25, -0.2) is 0 Å². The minimum atomic E-state index is -0.759. The van der Waals surface area contributed by atoms with Gasteiger partial charge in [0.05, 0.1) is 38.3 Å². The molecule has 1 unspecified atom stereocenters. The zero-order valence-corrected chi connectivity index (χ0v) is 20.6. The molecule has 6 nitrogen and oxygen atoms in total. The van der Waals surface area contributed by atoms with Crippen molar-refractivity contribution in [3.8, 4) is 5.75 Å².